The Labute approximate surface area is 145 Å². The molecule has 0 aliphatic rings. The normalized spacial score (nSPS) is 10.9. The summed E-state index contributed by atoms with van der Waals surface area (Å²) in [5.41, 5.74) is 3.66. The van der Waals surface area contributed by atoms with Gasteiger partial charge in [-0.2, -0.15) is 15.1 Å². The van der Waals surface area contributed by atoms with E-state index in [1.54, 1.807) is 24.4 Å². The fourth-order valence-corrected chi connectivity index (χ4v) is 2.14. The molecule has 0 aliphatic carbocycles. The molecule has 0 spiro atoms. The van der Waals surface area contributed by atoms with Crippen molar-refractivity contribution < 1.29 is 0 Å². The van der Waals surface area contributed by atoms with Crippen LogP contribution >= 0.6 is 23.2 Å². The van der Waals surface area contributed by atoms with Crippen molar-refractivity contribution in [3.63, 3.8) is 0 Å². The molecule has 23 heavy (non-hydrogen) atoms. The molecule has 0 saturated carbocycles. The molecule has 1 aromatic carbocycles. The smallest absolute Gasteiger partial charge is 0.228 e. The van der Waals surface area contributed by atoms with E-state index in [0.717, 1.165) is 11.4 Å². The lowest BCUT2D eigenvalue weighted by molar-refractivity contribution is 0.966. The second-order valence-electron chi connectivity index (χ2n) is 5.24. The molecular formula is C15H18Cl2N6. The predicted octanol–water partition coefficient (Wildman–Crippen LogP) is 3.36. The van der Waals surface area contributed by atoms with Crippen molar-refractivity contribution in [2.45, 2.75) is 0 Å². The first kappa shape index (κ1) is 17.3. The molecule has 8 heteroatoms. The molecule has 2 rings (SSSR count). The summed E-state index contributed by atoms with van der Waals surface area (Å²) in [6.45, 7) is 0. The summed E-state index contributed by atoms with van der Waals surface area (Å²) >= 11 is 12.0. The van der Waals surface area contributed by atoms with E-state index in [1.165, 1.54) is 0 Å². The van der Waals surface area contributed by atoms with E-state index in [2.05, 4.69) is 20.5 Å². The molecule has 0 radical (unpaired) electrons. The Morgan fingerprint density at radius 3 is 2.39 bits per heavy atom. The van der Waals surface area contributed by atoms with Crippen LogP contribution in [0.3, 0.4) is 0 Å². The number of halogens is 2. The number of hydrogen-bond acceptors (Lipinski definition) is 6. The topological polar surface area (TPSA) is 56.6 Å². The molecule has 0 atom stereocenters. The van der Waals surface area contributed by atoms with Crippen LogP contribution in [0.2, 0.25) is 10.0 Å². The fraction of sp³-hybridized carbons (Fsp3) is 0.267. The van der Waals surface area contributed by atoms with Crippen molar-refractivity contribution in [3.05, 3.63) is 39.9 Å². The summed E-state index contributed by atoms with van der Waals surface area (Å²) in [7, 11) is 7.61. The minimum absolute atomic E-state index is 0.536. The average molecular weight is 353 g/mol. The third-order valence-electron chi connectivity index (χ3n) is 2.90. The summed E-state index contributed by atoms with van der Waals surface area (Å²) in [6, 6.07) is 7.04. The van der Waals surface area contributed by atoms with E-state index in [4.69, 9.17) is 23.2 Å². The zero-order valence-electron chi connectivity index (χ0n) is 13.4. The highest BCUT2D eigenvalue weighted by atomic mass is 35.5. The summed E-state index contributed by atoms with van der Waals surface area (Å²) in [4.78, 5) is 12.6. The number of nitrogens with zero attached hydrogens (tertiary/aromatic N) is 5. The van der Waals surface area contributed by atoms with Crippen molar-refractivity contribution in [3.8, 4) is 0 Å². The standard InChI is InChI=1S/C15H18Cl2N6/c1-22(2)14-8-13(19-15(20-14)23(3)4)21-18-9-10-5-6-11(16)7-12(10)17/h5-9H,1-4H3,(H,19,20,21)/b18-9+. The molecular weight excluding hydrogens is 335 g/mol. The first-order valence-electron chi connectivity index (χ1n) is 6.84. The van der Waals surface area contributed by atoms with Crippen LogP contribution in [-0.2, 0) is 0 Å². The van der Waals surface area contributed by atoms with Crippen molar-refractivity contribution in [1.29, 1.82) is 0 Å². The number of aromatic nitrogens is 2. The lowest BCUT2D eigenvalue weighted by Gasteiger charge is -2.17. The van der Waals surface area contributed by atoms with E-state index in [9.17, 15) is 0 Å². The maximum Gasteiger partial charge on any atom is 0.228 e. The highest BCUT2D eigenvalue weighted by Crippen LogP contribution is 2.20. The largest absolute Gasteiger partial charge is 0.363 e. The molecule has 0 aliphatic heterocycles. The predicted molar refractivity (Wildman–Crippen MR) is 98.4 cm³/mol. The number of benzene rings is 1. The Kier molecular flexibility index (Phi) is 5.63. The van der Waals surface area contributed by atoms with Crippen LogP contribution in [0.4, 0.5) is 17.6 Å². The molecule has 0 amide bonds. The monoisotopic (exact) mass is 352 g/mol. The molecule has 1 aromatic heterocycles. The van der Waals surface area contributed by atoms with Crippen LogP contribution in [0.15, 0.2) is 29.4 Å². The van der Waals surface area contributed by atoms with Gasteiger partial charge in [-0.3, -0.25) is 5.43 Å². The van der Waals surface area contributed by atoms with Gasteiger partial charge in [-0.05, 0) is 12.1 Å². The zero-order chi connectivity index (χ0) is 17.0. The zero-order valence-corrected chi connectivity index (χ0v) is 14.9. The highest BCUT2D eigenvalue weighted by molar-refractivity contribution is 6.36. The van der Waals surface area contributed by atoms with E-state index in [0.29, 0.717) is 21.8 Å². The van der Waals surface area contributed by atoms with E-state index >= 15 is 0 Å². The Bertz CT molecular complexity index is 689. The quantitative estimate of drug-likeness (QED) is 0.660. The average Bonchev–Trinajstić information content (AvgIpc) is 2.49. The number of nitrogens with one attached hydrogen (secondary N) is 1. The van der Waals surface area contributed by atoms with Crippen LogP contribution in [0.1, 0.15) is 5.56 Å². The maximum atomic E-state index is 6.10. The molecule has 1 N–H and O–H groups in total. The highest BCUT2D eigenvalue weighted by Gasteiger charge is 2.07. The number of rotatable bonds is 5. The van der Waals surface area contributed by atoms with Crippen LogP contribution in [0.5, 0.6) is 0 Å². The van der Waals surface area contributed by atoms with Crippen LogP contribution in [0.25, 0.3) is 0 Å². The Morgan fingerprint density at radius 1 is 1.04 bits per heavy atom. The SMILES string of the molecule is CN(C)c1cc(N/N=C/c2ccc(Cl)cc2Cl)nc(N(C)C)n1. The van der Waals surface area contributed by atoms with Crippen LogP contribution < -0.4 is 15.2 Å². The summed E-state index contributed by atoms with van der Waals surface area (Å²) in [5, 5.41) is 5.29. The lowest BCUT2D eigenvalue weighted by Crippen LogP contribution is -2.17. The van der Waals surface area contributed by atoms with Crippen molar-refractivity contribution >= 4 is 47.0 Å². The van der Waals surface area contributed by atoms with Crippen LogP contribution in [-0.4, -0.2) is 44.4 Å². The Hall–Kier alpha value is -2.05. The molecule has 0 unspecified atom stereocenters. The number of hydrogen-bond donors (Lipinski definition) is 1. The second kappa shape index (κ2) is 7.48. The first-order valence-corrected chi connectivity index (χ1v) is 7.60. The third kappa shape index (κ3) is 4.71. The van der Waals surface area contributed by atoms with E-state index in [-0.39, 0.29) is 0 Å². The molecule has 2 aromatic rings. The summed E-state index contributed by atoms with van der Waals surface area (Å²) in [6.07, 6.45) is 1.62. The number of hydrazone groups is 1. The Morgan fingerprint density at radius 2 is 1.78 bits per heavy atom. The Balaban J connectivity index is 2.20. The van der Waals surface area contributed by atoms with E-state index in [1.807, 2.05) is 44.1 Å². The second-order valence-corrected chi connectivity index (χ2v) is 6.08. The van der Waals surface area contributed by atoms with Gasteiger partial charge in [0.25, 0.3) is 0 Å². The van der Waals surface area contributed by atoms with Gasteiger partial charge < -0.3 is 9.80 Å². The van der Waals surface area contributed by atoms with Crippen molar-refractivity contribution in [2.24, 2.45) is 5.10 Å². The van der Waals surface area contributed by atoms with Gasteiger partial charge in [-0.25, -0.2) is 0 Å². The summed E-state index contributed by atoms with van der Waals surface area (Å²) in [5.74, 6) is 1.97. The first-order chi connectivity index (χ1) is 10.9. The molecule has 122 valence electrons. The minimum Gasteiger partial charge on any atom is -0.363 e. The maximum absolute atomic E-state index is 6.10. The van der Waals surface area contributed by atoms with Gasteiger partial charge in [0, 0.05) is 44.8 Å². The van der Waals surface area contributed by atoms with Gasteiger partial charge in [-0.1, -0.05) is 29.3 Å². The summed E-state index contributed by atoms with van der Waals surface area (Å²) < 4.78 is 0. The lowest BCUT2D eigenvalue weighted by atomic mass is 10.2. The minimum atomic E-state index is 0.536. The third-order valence-corrected chi connectivity index (χ3v) is 3.47. The molecule has 0 saturated heterocycles. The molecule has 1 heterocycles. The van der Waals surface area contributed by atoms with Gasteiger partial charge in [-0.15, -0.1) is 0 Å². The van der Waals surface area contributed by atoms with Crippen molar-refractivity contribution in [1.82, 2.24) is 9.97 Å². The van der Waals surface area contributed by atoms with Crippen LogP contribution in [0, 0.1) is 0 Å². The molecule has 6 nitrogen and oxygen atoms in total. The molecule has 0 fully saturated rings. The number of anilines is 3. The molecule has 0 bridgehead atoms. The van der Waals surface area contributed by atoms with Gasteiger partial charge in [0.2, 0.25) is 5.95 Å². The van der Waals surface area contributed by atoms with E-state index < -0.39 is 0 Å². The van der Waals surface area contributed by atoms with Gasteiger partial charge in [0.05, 0.1) is 11.2 Å². The van der Waals surface area contributed by atoms with Gasteiger partial charge in [0.15, 0.2) is 5.82 Å². The van der Waals surface area contributed by atoms with Gasteiger partial charge in [0.1, 0.15) is 5.82 Å². The fourth-order valence-electron chi connectivity index (χ4n) is 1.68. The van der Waals surface area contributed by atoms with Crippen molar-refractivity contribution in [2.75, 3.05) is 43.4 Å². The van der Waals surface area contributed by atoms with Gasteiger partial charge >= 0.3 is 0 Å².